The van der Waals surface area contributed by atoms with Crippen LogP contribution in [0.4, 0.5) is 5.69 Å². The van der Waals surface area contributed by atoms with Gasteiger partial charge in [-0.15, -0.1) is 13.2 Å². The van der Waals surface area contributed by atoms with E-state index in [0.717, 1.165) is 36.7 Å². The molecule has 0 aliphatic carbocycles. The van der Waals surface area contributed by atoms with Gasteiger partial charge in [0.2, 0.25) is 10.0 Å². The number of hydrogen-bond acceptors (Lipinski definition) is 6. The Bertz CT molecular complexity index is 911. The first kappa shape index (κ1) is 24.6. The molecular formula is C22H31N3O5S. The van der Waals surface area contributed by atoms with E-state index in [1.165, 1.54) is 31.1 Å². The van der Waals surface area contributed by atoms with Gasteiger partial charge in [0.05, 0.1) is 16.1 Å². The predicted octanol–water partition coefficient (Wildman–Crippen LogP) is 2.28. The topological polar surface area (TPSA) is 87.2 Å². The monoisotopic (exact) mass is 449 g/mol. The zero-order valence-corrected chi connectivity index (χ0v) is 19.1. The molecule has 0 saturated carbocycles. The molecule has 0 atom stereocenters. The molecule has 2 rings (SSSR count). The van der Waals surface area contributed by atoms with Crippen LogP contribution in [-0.2, 0) is 19.6 Å². The van der Waals surface area contributed by atoms with Crippen LogP contribution in [0.25, 0.3) is 0 Å². The number of sulfonamides is 1. The van der Waals surface area contributed by atoms with E-state index in [1.54, 1.807) is 18.2 Å². The van der Waals surface area contributed by atoms with E-state index in [-0.39, 0.29) is 16.4 Å². The highest BCUT2D eigenvalue weighted by Gasteiger charge is 2.25. The summed E-state index contributed by atoms with van der Waals surface area (Å²) in [6.07, 6.45) is 6.24. The Morgan fingerprint density at radius 1 is 1.10 bits per heavy atom. The van der Waals surface area contributed by atoms with Gasteiger partial charge < -0.3 is 14.5 Å². The van der Waals surface area contributed by atoms with Gasteiger partial charge in [-0.3, -0.25) is 4.79 Å². The predicted molar refractivity (Wildman–Crippen MR) is 121 cm³/mol. The van der Waals surface area contributed by atoms with Gasteiger partial charge in [-0.25, -0.2) is 17.5 Å². The van der Waals surface area contributed by atoms with Crippen molar-refractivity contribution in [2.24, 2.45) is 0 Å². The Balaban J connectivity index is 2.31. The normalized spacial score (nSPS) is 14.2. The molecule has 9 heteroatoms. The number of rotatable bonds is 10. The molecule has 1 aromatic carbocycles. The molecule has 8 nitrogen and oxygen atoms in total. The van der Waals surface area contributed by atoms with Crippen LogP contribution >= 0.6 is 0 Å². The second-order valence-corrected chi connectivity index (χ2v) is 9.62. The molecule has 0 unspecified atom stereocenters. The molecule has 1 aliphatic heterocycles. The Morgan fingerprint density at radius 3 is 2.26 bits per heavy atom. The zero-order chi connectivity index (χ0) is 23.0. The second kappa shape index (κ2) is 11.1. The van der Waals surface area contributed by atoms with Crippen LogP contribution in [0, 0.1) is 0 Å². The maximum atomic E-state index is 12.9. The van der Waals surface area contributed by atoms with Crippen LogP contribution in [0.5, 0.6) is 0 Å². The summed E-state index contributed by atoms with van der Waals surface area (Å²) in [5, 5.41) is 0. The molecule has 1 aliphatic rings. The van der Waals surface area contributed by atoms with Crippen molar-refractivity contribution in [3.05, 3.63) is 49.1 Å². The first-order valence-electron chi connectivity index (χ1n) is 10.2. The molecule has 0 aromatic heterocycles. The average molecular weight is 450 g/mol. The van der Waals surface area contributed by atoms with Gasteiger partial charge in [-0.05, 0) is 37.5 Å². The largest absolute Gasteiger partial charge is 0.452 e. The van der Waals surface area contributed by atoms with E-state index < -0.39 is 22.6 Å². The van der Waals surface area contributed by atoms with Crippen LogP contribution in [-0.4, -0.2) is 76.4 Å². The van der Waals surface area contributed by atoms with Gasteiger partial charge in [-0.2, -0.15) is 0 Å². The van der Waals surface area contributed by atoms with Crippen molar-refractivity contribution < 1.29 is 22.7 Å². The van der Waals surface area contributed by atoms with E-state index in [4.69, 9.17) is 4.74 Å². The van der Waals surface area contributed by atoms with Crippen LogP contribution in [0.1, 0.15) is 29.6 Å². The fraction of sp³-hybridized carbons (Fsp3) is 0.455. The van der Waals surface area contributed by atoms with Crippen molar-refractivity contribution in [2.45, 2.75) is 24.2 Å². The van der Waals surface area contributed by atoms with Crippen molar-refractivity contribution in [1.82, 2.24) is 9.21 Å². The highest BCUT2D eigenvalue weighted by Crippen LogP contribution is 2.28. The third kappa shape index (κ3) is 6.18. The summed E-state index contributed by atoms with van der Waals surface area (Å²) >= 11 is 0. The minimum Gasteiger partial charge on any atom is -0.452 e. The van der Waals surface area contributed by atoms with E-state index in [2.05, 4.69) is 18.1 Å². The number of hydrogen-bond donors (Lipinski definition) is 0. The summed E-state index contributed by atoms with van der Waals surface area (Å²) < 4.78 is 31.5. The van der Waals surface area contributed by atoms with Gasteiger partial charge >= 0.3 is 5.97 Å². The number of anilines is 1. The van der Waals surface area contributed by atoms with Crippen LogP contribution in [0.15, 0.2) is 48.4 Å². The zero-order valence-electron chi connectivity index (χ0n) is 18.2. The molecular weight excluding hydrogens is 418 g/mol. The Kier molecular flexibility index (Phi) is 8.82. The number of ether oxygens (including phenoxy) is 1. The molecule has 1 aromatic rings. The molecule has 0 bridgehead atoms. The number of piperidine rings is 1. The summed E-state index contributed by atoms with van der Waals surface area (Å²) in [7, 11) is -0.872. The second-order valence-electron chi connectivity index (χ2n) is 7.47. The van der Waals surface area contributed by atoms with Gasteiger partial charge in [0.25, 0.3) is 5.91 Å². The lowest BCUT2D eigenvalue weighted by Gasteiger charge is -2.30. The Labute approximate surface area is 184 Å². The van der Waals surface area contributed by atoms with E-state index in [0.29, 0.717) is 18.8 Å². The molecule has 170 valence electrons. The molecule has 0 spiro atoms. The van der Waals surface area contributed by atoms with Gasteiger partial charge in [0.1, 0.15) is 0 Å². The standard InChI is InChI=1S/C22H31N3O5S/c1-5-12-25(13-6-2)21(26)17-30-22(27)19-16-18(31(28,29)23(3)4)10-11-20(19)24-14-8-7-9-15-24/h5-6,10-11,16H,1-2,7-9,12-15,17H2,3-4H3. The molecule has 0 N–H and O–H groups in total. The molecule has 1 amide bonds. The van der Waals surface area contributed by atoms with Crippen molar-refractivity contribution in [1.29, 1.82) is 0 Å². The number of carbonyl (C=O) groups excluding carboxylic acids is 2. The third-order valence-electron chi connectivity index (χ3n) is 5.04. The van der Waals surface area contributed by atoms with E-state index in [1.807, 2.05) is 0 Å². The summed E-state index contributed by atoms with van der Waals surface area (Å²) in [6, 6.07) is 4.47. The van der Waals surface area contributed by atoms with Gasteiger partial charge in [0, 0.05) is 40.3 Å². The number of amides is 1. The maximum absolute atomic E-state index is 12.9. The van der Waals surface area contributed by atoms with E-state index in [9.17, 15) is 18.0 Å². The fourth-order valence-corrected chi connectivity index (χ4v) is 4.28. The van der Waals surface area contributed by atoms with Crippen molar-refractivity contribution in [3.63, 3.8) is 0 Å². The maximum Gasteiger partial charge on any atom is 0.340 e. The minimum atomic E-state index is -3.73. The number of nitrogens with zero attached hydrogens (tertiary/aromatic N) is 3. The number of carbonyl (C=O) groups is 2. The Morgan fingerprint density at radius 2 is 1.71 bits per heavy atom. The Hall–Kier alpha value is -2.65. The first-order chi connectivity index (χ1) is 14.7. The summed E-state index contributed by atoms with van der Waals surface area (Å²) in [6.45, 7) is 8.92. The lowest BCUT2D eigenvalue weighted by molar-refractivity contribution is -0.133. The summed E-state index contributed by atoms with van der Waals surface area (Å²) in [5.74, 6) is -1.12. The summed E-state index contributed by atoms with van der Waals surface area (Å²) in [5.41, 5.74) is 0.750. The third-order valence-corrected chi connectivity index (χ3v) is 6.85. The average Bonchev–Trinajstić information content (AvgIpc) is 2.77. The number of esters is 1. The smallest absolute Gasteiger partial charge is 0.340 e. The minimum absolute atomic E-state index is 0.00326. The summed E-state index contributed by atoms with van der Waals surface area (Å²) in [4.78, 5) is 28.8. The van der Waals surface area contributed by atoms with Crippen LogP contribution in [0.2, 0.25) is 0 Å². The molecule has 1 fully saturated rings. The fourth-order valence-electron chi connectivity index (χ4n) is 3.35. The highest BCUT2D eigenvalue weighted by atomic mass is 32.2. The molecule has 1 saturated heterocycles. The van der Waals surface area contributed by atoms with Crippen molar-refractivity contribution >= 4 is 27.6 Å². The van der Waals surface area contributed by atoms with Crippen molar-refractivity contribution in [2.75, 3.05) is 51.8 Å². The van der Waals surface area contributed by atoms with E-state index >= 15 is 0 Å². The number of benzene rings is 1. The lowest BCUT2D eigenvalue weighted by Crippen LogP contribution is -2.35. The van der Waals surface area contributed by atoms with Gasteiger partial charge in [-0.1, -0.05) is 12.2 Å². The molecule has 1 heterocycles. The highest BCUT2D eigenvalue weighted by molar-refractivity contribution is 7.89. The molecule has 0 radical (unpaired) electrons. The lowest BCUT2D eigenvalue weighted by atomic mass is 10.1. The van der Waals surface area contributed by atoms with Gasteiger partial charge in [0.15, 0.2) is 6.61 Å². The first-order valence-corrected chi connectivity index (χ1v) is 11.6. The SMILES string of the molecule is C=CCN(CC=C)C(=O)COC(=O)c1cc(S(=O)(=O)N(C)C)ccc1N1CCCCC1. The quantitative estimate of drug-likeness (QED) is 0.402. The van der Waals surface area contributed by atoms with Crippen LogP contribution in [0.3, 0.4) is 0 Å². The van der Waals surface area contributed by atoms with Crippen LogP contribution < -0.4 is 4.90 Å². The van der Waals surface area contributed by atoms with Crippen molar-refractivity contribution in [3.8, 4) is 0 Å². The molecule has 31 heavy (non-hydrogen) atoms.